The molecule has 0 bridgehead atoms. The van der Waals surface area contributed by atoms with Gasteiger partial charge in [0, 0.05) is 22.0 Å². The number of aryl methyl sites for hydroxylation is 1. The number of anilines is 2. The van der Waals surface area contributed by atoms with Crippen LogP contribution in [0.1, 0.15) is 16.8 Å². The second-order valence-electron chi connectivity index (χ2n) is 5.58. The quantitative estimate of drug-likeness (QED) is 0.683. The minimum atomic E-state index is -1.45. The van der Waals surface area contributed by atoms with Crippen molar-refractivity contribution in [1.82, 2.24) is 10.2 Å². The van der Waals surface area contributed by atoms with Gasteiger partial charge in [0.05, 0.1) is 6.07 Å². The summed E-state index contributed by atoms with van der Waals surface area (Å²) in [6.07, 6.45) is 0. The minimum absolute atomic E-state index is 0.266. The van der Waals surface area contributed by atoms with Gasteiger partial charge in [-0.05, 0) is 30.7 Å². The van der Waals surface area contributed by atoms with Crippen LogP contribution in [0.15, 0.2) is 18.2 Å². The fourth-order valence-corrected chi connectivity index (χ4v) is 3.69. The van der Waals surface area contributed by atoms with Gasteiger partial charge in [-0.1, -0.05) is 11.6 Å². The molecular weight excluding hydrogens is 318 g/mol. The molecule has 0 saturated carbocycles. The van der Waals surface area contributed by atoms with Gasteiger partial charge in [0.15, 0.2) is 5.82 Å². The van der Waals surface area contributed by atoms with Crippen molar-refractivity contribution in [3.05, 3.63) is 40.0 Å². The molecule has 8 heteroatoms. The van der Waals surface area contributed by atoms with E-state index in [0.717, 1.165) is 0 Å². The van der Waals surface area contributed by atoms with E-state index in [-0.39, 0.29) is 5.82 Å². The van der Waals surface area contributed by atoms with Crippen LogP contribution in [-0.4, -0.2) is 22.0 Å². The number of nitriles is 1. The number of benzene rings is 1. The zero-order valence-electron chi connectivity index (χ0n) is 11.9. The van der Waals surface area contributed by atoms with E-state index in [9.17, 15) is 14.9 Å². The lowest BCUT2D eigenvalue weighted by atomic mass is 9.64. The van der Waals surface area contributed by atoms with Crippen molar-refractivity contribution in [3.63, 3.8) is 0 Å². The third kappa shape index (κ3) is 1.51. The Hall–Kier alpha value is -2.85. The Morgan fingerprint density at radius 1 is 1.35 bits per heavy atom. The first-order valence-corrected chi connectivity index (χ1v) is 7.25. The van der Waals surface area contributed by atoms with E-state index in [0.29, 0.717) is 27.5 Å². The average Bonchev–Trinajstić information content (AvgIpc) is 3.00. The van der Waals surface area contributed by atoms with Gasteiger partial charge in [-0.2, -0.15) is 10.4 Å². The van der Waals surface area contributed by atoms with Crippen LogP contribution in [0, 0.1) is 24.2 Å². The van der Waals surface area contributed by atoms with Gasteiger partial charge in [0.2, 0.25) is 11.8 Å². The van der Waals surface area contributed by atoms with Crippen molar-refractivity contribution >= 4 is 34.9 Å². The molecule has 1 aromatic carbocycles. The lowest BCUT2D eigenvalue weighted by molar-refractivity contribution is -0.127. The van der Waals surface area contributed by atoms with Gasteiger partial charge in [0.25, 0.3) is 0 Å². The van der Waals surface area contributed by atoms with E-state index in [1.54, 1.807) is 25.1 Å². The molecule has 2 aliphatic heterocycles. The highest BCUT2D eigenvalue weighted by atomic mass is 35.5. The fraction of sp³-hybridized carbons (Fsp3) is 0.200. The molecule has 0 fully saturated rings. The summed E-state index contributed by atoms with van der Waals surface area (Å²) in [7, 11) is 0. The minimum Gasteiger partial charge on any atom is -0.325 e. The van der Waals surface area contributed by atoms with Gasteiger partial charge in [-0.3, -0.25) is 14.7 Å². The van der Waals surface area contributed by atoms with Crippen LogP contribution in [0.2, 0.25) is 5.02 Å². The molecule has 23 heavy (non-hydrogen) atoms. The molecule has 2 aliphatic rings. The molecule has 4 rings (SSSR count). The third-order valence-corrected chi connectivity index (χ3v) is 4.66. The summed E-state index contributed by atoms with van der Waals surface area (Å²) in [4.78, 5) is 25.3. The molecule has 3 N–H and O–H groups in total. The first-order chi connectivity index (χ1) is 11.0. The number of aromatic nitrogens is 2. The van der Waals surface area contributed by atoms with Crippen molar-refractivity contribution in [2.75, 3.05) is 10.6 Å². The maximum absolute atomic E-state index is 12.9. The summed E-state index contributed by atoms with van der Waals surface area (Å²) in [5, 5.41) is 22.2. The van der Waals surface area contributed by atoms with Crippen LogP contribution in [0.3, 0.4) is 0 Å². The highest BCUT2D eigenvalue weighted by Crippen LogP contribution is 2.53. The predicted molar refractivity (Wildman–Crippen MR) is 81.9 cm³/mol. The number of nitrogens with zero attached hydrogens (tertiary/aromatic N) is 2. The summed E-state index contributed by atoms with van der Waals surface area (Å²) in [6, 6.07) is 6.91. The molecule has 2 amide bonds. The largest absolute Gasteiger partial charge is 0.325 e. The van der Waals surface area contributed by atoms with Gasteiger partial charge in [-0.15, -0.1) is 0 Å². The second kappa shape index (κ2) is 4.33. The number of amides is 2. The van der Waals surface area contributed by atoms with Crippen LogP contribution in [0.5, 0.6) is 0 Å². The van der Waals surface area contributed by atoms with E-state index < -0.39 is 23.1 Å². The number of H-pyrrole nitrogens is 1. The Kier molecular flexibility index (Phi) is 2.60. The Labute approximate surface area is 135 Å². The van der Waals surface area contributed by atoms with Crippen molar-refractivity contribution in [3.8, 4) is 6.07 Å². The molecule has 1 aromatic heterocycles. The van der Waals surface area contributed by atoms with Crippen LogP contribution >= 0.6 is 11.6 Å². The topological polar surface area (TPSA) is 111 Å². The van der Waals surface area contributed by atoms with Gasteiger partial charge < -0.3 is 10.6 Å². The van der Waals surface area contributed by atoms with Crippen molar-refractivity contribution in [1.29, 1.82) is 5.26 Å². The molecule has 0 radical (unpaired) electrons. The number of hydrogen-bond donors (Lipinski definition) is 3. The third-order valence-electron chi connectivity index (χ3n) is 4.42. The Morgan fingerprint density at radius 2 is 2.13 bits per heavy atom. The summed E-state index contributed by atoms with van der Waals surface area (Å²) in [5.41, 5.74) is 0.720. The first-order valence-electron chi connectivity index (χ1n) is 6.87. The van der Waals surface area contributed by atoms with E-state index >= 15 is 0 Å². The van der Waals surface area contributed by atoms with Gasteiger partial charge >= 0.3 is 0 Å². The standard InChI is InChI=1S/C15H10ClN5O2/c1-6-11-12(21-20-6)19-13(22)9(5-17)15(11)8-4-7(16)2-3-10(8)18-14(15)23/h2-4,9H,1H3,(H,18,23)(H2,19,20,21,22). The zero-order valence-corrected chi connectivity index (χ0v) is 12.7. The van der Waals surface area contributed by atoms with E-state index in [2.05, 4.69) is 20.8 Å². The molecule has 2 unspecified atom stereocenters. The van der Waals surface area contributed by atoms with Gasteiger partial charge in [0.1, 0.15) is 11.3 Å². The molecule has 3 heterocycles. The number of aromatic amines is 1. The van der Waals surface area contributed by atoms with E-state index in [4.69, 9.17) is 11.6 Å². The number of halogens is 1. The number of nitrogens with one attached hydrogen (secondary N) is 3. The second-order valence-corrected chi connectivity index (χ2v) is 6.01. The van der Waals surface area contributed by atoms with Crippen LogP contribution in [-0.2, 0) is 15.0 Å². The number of rotatable bonds is 0. The summed E-state index contributed by atoms with van der Waals surface area (Å²) >= 11 is 6.10. The molecule has 114 valence electrons. The average molecular weight is 328 g/mol. The van der Waals surface area contributed by atoms with Gasteiger partial charge in [-0.25, -0.2) is 0 Å². The lowest BCUT2D eigenvalue weighted by Gasteiger charge is -2.35. The lowest BCUT2D eigenvalue weighted by Crippen LogP contribution is -2.51. The smallest absolute Gasteiger partial charge is 0.244 e. The maximum atomic E-state index is 12.9. The number of hydrogen-bond acceptors (Lipinski definition) is 4. The van der Waals surface area contributed by atoms with Crippen molar-refractivity contribution in [2.24, 2.45) is 5.92 Å². The Balaban J connectivity index is 2.15. The maximum Gasteiger partial charge on any atom is 0.244 e. The Bertz CT molecular complexity index is 928. The monoisotopic (exact) mass is 327 g/mol. The fourth-order valence-electron chi connectivity index (χ4n) is 3.52. The molecular formula is C15H10ClN5O2. The predicted octanol–water partition coefficient (Wildman–Crippen LogP) is 1.70. The van der Waals surface area contributed by atoms with Crippen molar-refractivity contribution in [2.45, 2.75) is 12.3 Å². The molecule has 7 nitrogen and oxygen atoms in total. The summed E-state index contributed by atoms with van der Waals surface area (Å²) in [6.45, 7) is 1.75. The molecule has 2 aromatic rings. The zero-order chi connectivity index (χ0) is 16.4. The summed E-state index contributed by atoms with van der Waals surface area (Å²) in [5.74, 6) is -1.94. The highest BCUT2D eigenvalue weighted by molar-refractivity contribution is 6.31. The molecule has 1 spiro atoms. The molecule has 0 saturated heterocycles. The summed E-state index contributed by atoms with van der Waals surface area (Å²) < 4.78 is 0. The number of fused-ring (bicyclic) bond motifs is 4. The van der Waals surface area contributed by atoms with Crippen LogP contribution in [0.4, 0.5) is 11.5 Å². The van der Waals surface area contributed by atoms with Crippen LogP contribution in [0.25, 0.3) is 0 Å². The normalized spacial score (nSPS) is 24.7. The van der Waals surface area contributed by atoms with E-state index in [1.165, 1.54) is 0 Å². The molecule has 0 aliphatic carbocycles. The number of carbonyl (C=O) groups excluding carboxylic acids is 2. The number of carbonyl (C=O) groups is 2. The van der Waals surface area contributed by atoms with E-state index in [1.807, 2.05) is 6.07 Å². The SMILES string of the molecule is Cc1[nH]nc2c1C1(C(=O)Nc3ccc(Cl)cc31)C(C#N)C(=O)N2. The first kappa shape index (κ1) is 13.8. The van der Waals surface area contributed by atoms with Crippen LogP contribution < -0.4 is 10.6 Å². The van der Waals surface area contributed by atoms with Crippen molar-refractivity contribution < 1.29 is 9.59 Å². The molecule has 2 atom stereocenters. The highest BCUT2D eigenvalue weighted by Gasteiger charge is 2.61. The Morgan fingerprint density at radius 3 is 2.87 bits per heavy atom.